The molecule has 22 heavy (non-hydrogen) atoms. The number of hydrogen-bond donors (Lipinski definition) is 2. The topological polar surface area (TPSA) is 79.9 Å². The van der Waals surface area contributed by atoms with Gasteiger partial charge in [0, 0.05) is 33.4 Å². The van der Waals surface area contributed by atoms with E-state index in [0.717, 1.165) is 4.31 Å². The molecule has 0 aliphatic carbocycles. The van der Waals surface area contributed by atoms with Crippen molar-refractivity contribution < 1.29 is 17.9 Å². The third-order valence-corrected chi connectivity index (χ3v) is 4.85. The fourth-order valence-corrected chi connectivity index (χ4v) is 2.89. The molecule has 0 spiro atoms. The van der Waals surface area contributed by atoms with Crippen molar-refractivity contribution in [1.82, 2.24) is 9.62 Å². The maximum atomic E-state index is 12.3. The fraction of sp³-hybridized carbons (Fsp3) is 0.462. The number of nitrogens with zero attached hydrogens (tertiary/aromatic N) is 1. The van der Waals surface area contributed by atoms with Gasteiger partial charge < -0.3 is 20.1 Å². The van der Waals surface area contributed by atoms with E-state index in [1.54, 1.807) is 19.2 Å². The number of thiocarbonyl (C=S) groups is 1. The van der Waals surface area contributed by atoms with Gasteiger partial charge in [-0.25, -0.2) is 12.7 Å². The molecule has 0 atom stereocenters. The summed E-state index contributed by atoms with van der Waals surface area (Å²) in [5.41, 5.74) is 0.552. The van der Waals surface area contributed by atoms with Gasteiger partial charge in [-0.3, -0.25) is 0 Å². The van der Waals surface area contributed by atoms with Crippen molar-refractivity contribution in [2.45, 2.75) is 4.90 Å². The zero-order valence-electron chi connectivity index (χ0n) is 13.0. The van der Waals surface area contributed by atoms with Crippen LogP contribution in [0.15, 0.2) is 23.1 Å². The largest absolute Gasteiger partial charge is 0.495 e. The van der Waals surface area contributed by atoms with Crippen LogP contribution >= 0.6 is 12.2 Å². The quantitative estimate of drug-likeness (QED) is 0.560. The SMILES string of the molecule is COCCNC(=S)Nc1ccc(OC)c(S(=O)(=O)N(C)C)c1. The third-order valence-electron chi connectivity index (χ3n) is 2.77. The first-order chi connectivity index (χ1) is 10.3. The van der Waals surface area contributed by atoms with Crippen molar-refractivity contribution in [2.24, 2.45) is 0 Å². The van der Waals surface area contributed by atoms with Crippen LogP contribution < -0.4 is 15.4 Å². The van der Waals surface area contributed by atoms with Gasteiger partial charge in [0.15, 0.2) is 5.11 Å². The lowest BCUT2D eigenvalue weighted by molar-refractivity contribution is 0.204. The maximum Gasteiger partial charge on any atom is 0.246 e. The number of nitrogens with one attached hydrogen (secondary N) is 2. The fourth-order valence-electron chi connectivity index (χ4n) is 1.59. The van der Waals surface area contributed by atoms with E-state index in [2.05, 4.69) is 10.6 Å². The van der Waals surface area contributed by atoms with E-state index in [0.29, 0.717) is 24.0 Å². The predicted molar refractivity (Wildman–Crippen MR) is 90.0 cm³/mol. The van der Waals surface area contributed by atoms with Crippen molar-refractivity contribution >= 4 is 33.0 Å². The summed E-state index contributed by atoms with van der Waals surface area (Å²) in [6, 6.07) is 4.76. The Morgan fingerprint density at radius 2 is 2.00 bits per heavy atom. The minimum Gasteiger partial charge on any atom is -0.495 e. The normalized spacial score (nSPS) is 11.3. The summed E-state index contributed by atoms with van der Waals surface area (Å²) in [4.78, 5) is 0.0738. The van der Waals surface area contributed by atoms with E-state index in [1.807, 2.05) is 0 Å². The number of sulfonamides is 1. The summed E-state index contributed by atoms with van der Waals surface area (Å²) in [6.45, 7) is 1.08. The second kappa shape index (κ2) is 8.28. The minimum absolute atomic E-state index is 0.0738. The van der Waals surface area contributed by atoms with Crippen LogP contribution in [0.5, 0.6) is 5.75 Å². The molecule has 7 nitrogen and oxygen atoms in total. The highest BCUT2D eigenvalue weighted by Gasteiger charge is 2.22. The molecule has 0 radical (unpaired) electrons. The van der Waals surface area contributed by atoms with Gasteiger partial charge in [0.1, 0.15) is 10.6 Å². The van der Waals surface area contributed by atoms with Crippen molar-refractivity contribution in [3.63, 3.8) is 0 Å². The molecular formula is C13H21N3O4S2. The van der Waals surface area contributed by atoms with E-state index in [9.17, 15) is 8.42 Å². The molecule has 0 heterocycles. The van der Waals surface area contributed by atoms with Gasteiger partial charge in [0.05, 0.1) is 13.7 Å². The van der Waals surface area contributed by atoms with Crippen LogP contribution in [0, 0.1) is 0 Å². The zero-order chi connectivity index (χ0) is 16.8. The monoisotopic (exact) mass is 347 g/mol. The lowest BCUT2D eigenvalue weighted by atomic mass is 10.3. The standard InChI is InChI=1S/C13H21N3O4S2/c1-16(2)22(17,18)12-9-10(5-6-11(12)20-4)15-13(21)14-7-8-19-3/h5-6,9H,7-8H2,1-4H3,(H2,14,15,21). The van der Waals surface area contributed by atoms with E-state index in [4.69, 9.17) is 21.7 Å². The highest BCUT2D eigenvalue weighted by Crippen LogP contribution is 2.28. The second-order valence-corrected chi connectivity index (χ2v) is 7.06. The summed E-state index contributed by atoms with van der Waals surface area (Å²) >= 11 is 5.13. The van der Waals surface area contributed by atoms with Crippen LogP contribution in [0.1, 0.15) is 0 Å². The van der Waals surface area contributed by atoms with Gasteiger partial charge in [0.2, 0.25) is 10.0 Å². The van der Waals surface area contributed by atoms with Gasteiger partial charge in [0.25, 0.3) is 0 Å². The Morgan fingerprint density at radius 1 is 1.32 bits per heavy atom. The average molecular weight is 347 g/mol. The Labute approximate surface area is 136 Å². The summed E-state index contributed by atoms with van der Waals surface area (Å²) in [6.07, 6.45) is 0. The average Bonchev–Trinajstić information content (AvgIpc) is 2.47. The summed E-state index contributed by atoms with van der Waals surface area (Å²) in [7, 11) is 2.34. The number of benzene rings is 1. The minimum atomic E-state index is -3.61. The first-order valence-electron chi connectivity index (χ1n) is 6.47. The van der Waals surface area contributed by atoms with Crippen LogP contribution in [-0.2, 0) is 14.8 Å². The summed E-state index contributed by atoms with van der Waals surface area (Å²) < 4.78 is 35.8. The molecular weight excluding hydrogens is 326 g/mol. The van der Waals surface area contributed by atoms with Gasteiger partial charge in [-0.15, -0.1) is 0 Å². The maximum absolute atomic E-state index is 12.3. The van der Waals surface area contributed by atoms with Gasteiger partial charge >= 0.3 is 0 Å². The van der Waals surface area contributed by atoms with Crippen molar-refractivity contribution in [1.29, 1.82) is 0 Å². The number of hydrogen-bond acceptors (Lipinski definition) is 5. The number of anilines is 1. The highest BCUT2D eigenvalue weighted by molar-refractivity contribution is 7.89. The molecule has 1 rings (SSSR count). The second-order valence-electron chi connectivity index (χ2n) is 4.53. The van der Waals surface area contributed by atoms with Gasteiger partial charge in [-0.2, -0.15) is 0 Å². The van der Waals surface area contributed by atoms with Gasteiger partial charge in [-0.05, 0) is 30.4 Å². The van der Waals surface area contributed by atoms with Crippen LogP contribution in [-0.4, -0.2) is 59.3 Å². The Hall–Kier alpha value is -1.42. The molecule has 124 valence electrons. The van der Waals surface area contributed by atoms with Crippen molar-refractivity contribution in [3.05, 3.63) is 18.2 Å². The number of rotatable bonds is 7. The lowest BCUT2D eigenvalue weighted by Crippen LogP contribution is -2.31. The molecule has 0 bridgehead atoms. The molecule has 1 aromatic carbocycles. The zero-order valence-corrected chi connectivity index (χ0v) is 14.7. The number of ether oxygens (including phenoxy) is 2. The molecule has 0 fully saturated rings. The Kier molecular flexibility index (Phi) is 7.01. The van der Waals surface area contributed by atoms with Crippen molar-refractivity contribution in [3.8, 4) is 5.75 Å². The predicted octanol–water partition coefficient (Wildman–Crippen LogP) is 0.878. The third kappa shape index (κ3) is 4.80. The van der Waals surface area contributed by atoms with Crippen LogP contribution in [0.4, 0.5) is 5.69 Å². The summed E-state index contributed by atoms with van der Waals surface area (Å²) in [5.74, 6) is 0.275. The molecule has 0 amide bonds. The highest BCUT2D eigenvalue weighted by atomic mass is 32.2. The van der Waals surface area contributed by atoms with E-state index < -0.39 is 10.0 Å². The molecule has 1 aromatic rings. The summed E-state index contributed by atoms with van der Waals surface area (Å²) in [5, 5.41) is 6.26. The van der Waals surface area contributed by atoms with E-state index in [1.165, 1.54) is 27.3 Å². The molecule has 0 aromatic heterocycles. The Morgan fingerprint density at radius 3 is 2.55 bits per heavy atom. The number of methoxy groups -OCH3 is 2. The molecule has 0 aliphatic rings. The van der Waals surface area contributed by atoms with Crippen LogP contribution in [0.25, 0.3) is 0 Å². The first-order valence-corrected chi connectivity index (χ1v) is 8.32. The molecule has 0 saturated heterocycles. The van der Waals surface area contributed by atoms with Crippen LogP contribution in [0.3, 0.4) is 0 Å². The van der Waals surface area contributed by atoms with Crippen molar-refractivity contribution in [2.75, 3.05) is 46.8 Å². The molecule has 9 heteroatoms. The molecule has 2 N–H and O–H groups in total. The molecule has 0 unspecified atom stereocenters. The first kappa shape index (κ1) is 18.6. The van der Waals surface area contributed by atoms with E-state index in [-0.39, 0.29) is 10.6 Å². The van der Waals surface area contributed by atoms with Gasteiger partial charge in [-0.1, -0.05) is 0 Å². The van der Waals surface area contributed by atoms with Crippen LogP contribution in [0.2, 0.25) is 0 Å². The molecule has 0 saturated carbocycles. The lowest BCUT2D eigenvalue weighted by Gasteiger charge is -2.16. The molecule has 0 aliphatic heterocycles. The Balaban J connectivity index is 2.98. The smallest absolute Gasteiger partial charge is 0.246 e. The Bertz CT molecular complexity index is 618. The van der Waals surface area contributed by atoms with E-state index >= 15 is 0 Å².